The van der Waals surface area contributed by atoms with E-state index in [1.807, 2.05) is 30.7 Å². The number of rotatable bonds is 4. The van der Waals surface area contributed by atoms with E-state index in [4.69, 9.17) is 5.26 Å². The number of carbonyl (C=O) groups excluding carboxylic acids is 1. The molecule has 1 unspecified atom stereocenters. The van der Waals surface area contributed by atoms with Crippen molar-refractivity contribution < 1.29 is 4.79 Å². The molecule has 0 aliphatic heterocycles. The first kappa shape index (κ1) is 12.8. The Labute approximate surface area is 103 Å². The van der Waals surface area contributed by atoms with Crippen molar-refractivity contribution >= 4 is 21.8 Å². The molecular formula is C11H14BrN3O. The lowest BCUT2D eigenvalue weighted by Gasteiger charge is -2.11. The minimum atomic E-state index is -0.143. The molecule has 0 aromatic carbocycles. The van der Waals surface area contributed by atoms with Gasteiger partial charge in [0, 0.05) is 23.3 Å². The van der Waals surface area contributed by atoms with E-state index in [9.17, 15) is 4.79 Å². The monoisotopic (exact) mass is 283 g/mol. The third-order valence-electron chi connectivity index (χ3n) is 2.21. The average molecular weight is 284 g/mol. The van der Waals surface area contributed by atoms with E-state index in [2.05, 4.69) is 21.2 Å². The number of hydrogen-bond acceptors (Lipinski definition) is 2. The van der Waals surface area contributed by atoms with Crippen LogP contribution in [0.25, 0.3) is 0 Å². The van der Waals surface area contributed by atoms with Crippen LogP contribution in [-0.2, 0) is 6.54 Å². The normalized spacial score (nSPS) is 11.9. The van der Waals surface area contributed by atoms with Crippen molar-refractivity contribution in [3.05, 3.63) is 22.4 Å². The molecule has 16 heavy (non-hydrogen) atoms. The molecule has 0 bridgehead atoms. The molecule has 0 aliphatic carbocycles. The molecule has 5 heteroatoms. The zero-order valence-corrected chi connectivity index (χ0v) is 10.9. The van der Waals surface area contributed by atoms with Crippen LogP contribution < -0.4 is 5.32 Å². The maximum absolute atomic E-state index is 11.9. The fraction of sp³-hybridized carbons (Fsp3) is 0.455. The summed E-state index contributed by atoms with van der Waals surface area (Å²) < 4.78 is 2.74. The lowest BCUT2D eigenvalue weighted by molar-refractivity contribution is 0.0931. The molecule has 1 rings (SSSR count). The number of halogens is 1. The van der Waals surface area contributed by atoms with Crippen LogP contribution in [0.3, 0.4) is 0 Å². The maximum Gasteiger partial charge on any atom is 0.268 e. The van der Waals surface area contributed by atoms with Gasteiger partial charge in [-0.2, -0.15) is 5.26 Å². The highest BCUT2D eigenvalue weighted by Gasteiger charge is 2.14. The van der Waals surface area contributed by atoms with Crippen LogP contribution in [0, 0.1) is 11.3 Å². The summed E-state index contributed by atoms with van der Waals surface area (Å²) in [4.78, 5) is 11.9. The van der Waals surface area contributed by atoms with Crippen LogP contribution in [0.1, 0.15) is 30.8 Å². The molecule has 0 saturated carbocycles. The minimum absolute atomic E-state index is 0.128. The summed E-state index contributed by atoms with van der Waals surface area (Å²) in [5, 5.41) is 11.3. The number of nitrogens with one attached hydrogen (secondary N) is 1. The van der Waals surface area contributed by atoms with Gasteiger partial charge in [0.15, 0.2) is 0 Å². The second kappa shape index (κ2) is 5.71. The van der Waals surface area contributed by atoms with E-state index >= 15 is 0 Å². The first-order valence-corrected chi connectivity index (χ1v) is 5.91. The quantitative estimate of drug-likeness (QED) is 0.922. The van der Waals surface area contributed by atoms with E-state index < -0.39 is 0 Å². The van der Waals surface area contributed by atoms with Gasteiger partial charge in [-0.25, -0.2) is 0 Å². The van der Waals surface area contributed by atoms with Gasteiger partial charge in [0.05, 0.1) is 12.5 Å². The van der Waals surface area contributed by atoms with Crippen molar-refractivity contribution in [1.29, 1.82) is 5.26 Å². The fourth-order valence-corrected chi connectivity index (χ4v) is 1.88. The van der Waals surface area contributed by atoms with Crippen LogP contribution in [0.15, 0.2) is 16.7 Å². The number of nitrogens with zero attached hydrogens (tertiary/aromatic N) is 2. The van der Waals surface area contributed by atoms with E-state index in [-0.39, 0.29) is 11.9 Å². The summed E-state index contributed by atoms with van der Waals surface area (Å²) in [5.41, 5.74) is 0.610. The molecule has 4 nitrogen and oxygen atoms in total. The van der Waals surface area contributed by atoms with Gasteiger partial charge >= 0.3 is 0 Å². The molecular weight excluding hydrogens is 270 g/mol. The molecule has 0 radical (unpaired) electrons. The topological polar surface area (TPSA) is 57.8 Å². The zero-order valence-electron chi connectivity index (χ0n) is 9.33. The Morgan fingerprint density at radius 1 is 1.75 bits per heavy atom. The number of nitriles is 1. The Morgan fingerprint density at radius 2 is 2.44 bits per heavy atom. The van der Waals surface area contributed by atoms with Gasteiger partial charge in [-0.1, -0.05) is 0 Å². The van der Waals surface area contributed by atoms with Crippen molar-refractivity contribution in [3.63, 3.8) is 0 Å². The van der Waals surface area contributed by atoms with E-state index in [1.165, 1.54) is 0 Å². The smallest absolute Gasteiger partial charge is 0.268 e. The van der Waals surface area contributed by atoms with Crippen molar-refractivity contribution in [3.8, 4) is 6.07 Å². The summed E-state index contributed by atoms with van der Waals surface area (Å²) in [6, 6.07) is 3.67. The van der Waals surface area contributed by atoms with Crippen molar-refractivity contribution in [2.45, 2.75) is 32.9 Å². The summed E-state index contributed by atoms with van der Waals surface area (Å²) in [7, 11) is 0. The Balaban J connectivity index is 2.76. The molecule has 1 heterocycles. The Morgan fingerprint density at radius 3 is 3.00 bits per heavy atom. The summed E-state index contributed by atoms with van der Waals surface area (Å²) in [6.07, 6.45) is 2.18. The van der Waals surface area contributed by atoms with E-state index in [0.29, 0.717) is 12.1 Å². The molecule has 1 atom stereocenters. The molecule has 1 amide bonds. The van der Waals surface area contributed by atoms with Crippen molar-refractivity contribution in [2.24, 2.45) is 0 Å². The average Bonchev–Trinajstić information content (AvgIpc) is 2.59. The molecule has 0 fully saturated rings. The highest BCUT2D eigenvalue weighted by atomic mass is 79.9. The summed E-state index contributed by atoms with van der Waals surface area (Å²) >= 11 is 3.34. The number of amides is 1. The number of hydrogen-bond donors (Lipinski definition) is 1. The molecule has 1 N–H and O–H groups in total. The van der Waals surface area contributed by atoms with Crippen LogP contribution in [-0.4, -0.2) is 16.5 Å². The van der Waals surface area contributed by atoms with Gasteiger partial charge in [0.1, 0.15) is 5.69 Å². The highest BCUT2D eigenvalue weighted by molar-refractivity contribution is 9.10. The van der Waals surface area contributed by atoms with Crippen LogP contribution in [0.5, 0.6) is 0 Å². The third kappa shape index (κ3) is 3.11. The Hall–Kier alpha value is -1.28. The Bertz CT molecular complexity index is 419. The van der Waals surface area contributed by atoms with Gasteiger partial charge in [0.25, 0.3) is 5.91 Å². The summed E-state index contributed by atoms with van der Waals surface area (Å²) in [6.45, 7) is 4.53. The van der Waals surface area contributed by atoms with Gasteiger partial charge in [-0.3, -0.25) is 4.79 Å². The van der Waals surface area contributed by atoms with Gasteiger partial charge in [-0.05, 0) is 35.8 Å². The maximum atomic E-state index is 11.9. The predicted molar refractivity (Wildman–Crippen MR) is 65.0 cm³/mol. The predicted octanol–water partition coefficient (Wildman–Crippen LogP) is 2.30. The van der Waals surface area contributed by atoms with E-state index in [0.717, 1.165) is 11.0 Å². The number of aryl methyl sites for hydroxylation is 1. The van der Waals surface area contributed by atoms with Gasteiger partial charge in [-0.15, -0.1) is 0 Å². The fourth-order valence-electron chi connectivity index (χ4n) is 1.41. The SMILES string of the molecule is CCn1cc(Br)cc1C(=O)NC(C)CC#N. The minimum Gasteiger partial charge on any atom is -0.347 e. The first-order chi connectivity index (χ1) is 7.58. The molecule has 0 spiro atoms. The molecule has 0 aliphatic rings. The third-order valence-corrected chi connectivity index (χ3v) is 2.65. The second-order valence-electron chi connectivity index (χ2n) is 3.57. The first-order valence-electron chi connectivity index (χ1n) is 5.12. The number of carbonyl (C=O) groups is 1. The van der Waals surface area contributed by atoms with Crippen molar-refractivity contribution in [1.82, 2.24) is 9.88 Å². The van der Waals surface area contributed by atoms with Crippen LogP contribution in [0.4, 0.5) is 0 Å². The van der Waals surface area contributed by atoms with Gasteiger partial charge < -0.3 is 9.88 Å². The standard InChI is InChI=1S/C11H14BrN3O/c1-3-15-7-9(12)6-10(15)11(16)14-8(2)4-5-13/h6-8H,3-4H2,1-2H3,(H,14,16). The lowest BCUT2D eigenvalue weighted by Crippen LogP contribution is -2.33. The highest BCUT2D eigenvalue weighted by Crippen LogP contribution is 2.15. The molecule has 86 valence electrons. The number of aromatic nitrogens is 1. The molecule has 0 saturated heterocycles. The van der Waals surface area contributed by atoms with Crippen LogP contribution >= 0.6 is 15.9 Å². The molecule has 1 aromatic heterocycles. The lowest BCUT2D eigenvalue weighted by atomic mass is 10.2. The van der Waals surface area contributed by atoms with Gasteiger partial charge in [0.2, 0.25) is 0 Å². The zero-order chi connectivity index (χ0) is 12.1. The largest absolute Gasteiger partial charge is 0.347 e. The van der Waals surface area contributed by atoms with E-state index in [1.54, 1.807) is 6.07 Å². The summed E-state index contributed by atoms with van der Waals surface area (Å²) in [5.74, 6) is -0.143. The second-order valence-corrected chi connectivity index (χ2v) is 4.48. The molecule has 1 aromatic rings. The van der Waals surface area contributed by atoms with Crippen molar-refractivity contribution in [2.75, 3.05) is 0 Å². The van der Waals surface area contributed by atoms with Crippen LogP contribution in [0.2, 0.25) is 0 Å². The Kier molecular flexibility index (Phi) is 4.56.